The Morgan fingerprint density at radius 2 is 1.80 bits per heavy atom. The van der Waals surface area contributed by atoms with Crippen LogP contribution in [0.1, 0.15) is 51.9 Å². The lowest BCUT2D eigenvalue weighted by Crippen LogP contribution is -2.52. The Morgan fingerprint density at radius 1 is 1.20 bits per heavy atom. The van der Waals surface area contributed by atoms with E-state index in [0.717, 1.165) is 44.9 Å². The van der Waals surface area contributed by atoms with Gasteiger partial charge in [0.2, 0.25) is 0 Å². The number of rotatable bonds is 2. The molecule has 3 heteroatoms. The van der Waals surface area contributed by atoms with Gasteiger partial charge in [0.1, 0.15) is 0 Å². The van der Waals surface area contributed by atoms with Crippen LogP contribution in [0.4, 0.5) is 0 Å². The van der Waals surface area contributed by atoms with Crippen molar-refractivity contribution < 1.29 is 14.6 Å². The molecule has 0 unspecified atom stereocenters. The number of hydrogen-bond donors (Lipinski definition) is 1. The molecule has 2 rings (SSSR count). The van der Waals surface area contributed by atoms with Gasteiger partial charge in [-0.2, -0.15) is 0 Å². The van der Waals surface area contributed by atoms with Gasteiger partial charge in [-0.25, -0.2) is 0 Å². The molecular formula is C12H20O3. The first-order chi connectivity index (χ1) is 7.15. The van der Waals surface area contributed by atoms with Crippen LogP contribution in [0.2, 0.25) is 0 Å². The minimum atomic E-state index is -0.766. The average molecular weight is 212 g/mol. The van der Waals surface area contributed by atoms with Crippen LogP contribution in [0, 0.1) is 5.41 Å². The van der Waals surface area contributed by atoms with E-state index in [4.69, 9.17) is 4.74 Å². The molecule has 0 aromatic heterocycles. The fourth-order valence-electron chi connectivity index (χ4n) is 3.38. The van der Waals surface area contributed by atoms with Crippen molar-refractivity contribution in [2.75, 3.05) is 6.61 Å². The van der Waals surface area contributed by atoms with E-state index in [9.17, 15) is 9.90 Å². The lowest BCUT2D eigenvalue weighted by molar-refractivity contribution is -0.177. The smallest absolute Gasteiger partial charge is 0.314 e. The van der Waals surface area contributed by atoms with Gasteiger partial charge >= 0.3 is 5.97 Å². The van der Waals surface area contributed by atoms with Gasteiger partial charge in [-0.05, 0) is 39.0 Å². The van der Waals surface area contributed by atoms with E-state index in [2.05, 4.69) is 0 Å². The molecule has 2 aliphatic rings. The van der Waals surface area contributed by atoms with E-state index < -0.39 is 11.0 Å². The van der Waals surface area contributed by atoms with E-state index in [1.54, 1.807) is 0 Å². The second-order valence-electron chi connectivity index (χ2n) is 4.89. The molecule has 0 aromatic carbocycles. The van der Waals surface area contributed by atoms with Crippen LogP contribution in [0.3, 0.4) is 0 Å². The maximum atomic E-state index is 12.0. The summed E-state index contributed by atoms with van der Waals surface area (Å²) in [6.07, 6.45) is 6.19. The van der Waals surface area contributed by atoms with Crippen molar-refractivity contribution in [3.8, 4) is 0 Å². The summed E-state index contributed by atoms with van der Waals surface area (Å²) in [4.78, 5) is 12.0. The second kappa shape index (κ2) is 3.78. The van der Waals surface area contributed by atoms with Crippen molar-refractivity contribution in [2.24, 2.45) is 5.41 Å². The average Bonchev–Trinajstić information content (AvgIpc) is 2.56. The van der Waals surface area contributed by atoms with Gasteiger partial charge in [-0.15, -0.1) is 0 Å². The summed E-state index contributed by atoms with van der Waals surface area (Å²) < 4.78 is 5.15. The maximum Gasteiger partial charge on any atom is 0.314 e. The first-order valence-corrected chi connectivity index (χ1v) is 6.04. The maximum absolute atomic E-state index is 12.0. The third-order valence-electron chi connectivity index (χ3n) is 4.19. The van der Waals surface area contributed by atoms with Crippen molar-refractivity contribution in [1.29, 1.82) is 0 Å². The van der Waals surface area contributed by atoms with Gasteiger partial charge < -0.3 is 9.84 Å². The zero-order valence-corrected chi connectivity index (χ0v) is 9.42. The standard InChI is InChI=1S/C12H20O3/c1-2-15-10(13)11-6-3-4-8-12(11,14)9-5-7-11/h14H,2-9H2,1H3/t11-,12-/m0/s1. The van der Waals surface area contributed by atoms with Gasteiger partial charge in [0, 0.05) is 0 Å². The monoisotopic (exact) mass is 212 g/mol. The highest BCUT2D eigenvalue weighted by molar-refractivity contribution is 5.79. The molecule has 2 saturated carbocycles. The highest BCUT2D eigenvalue weighted by Gasteiger charge is 2.60. The number of carbonyl (C=O) groups excluding carboxylic acids is 1. The van der Waals surface area contributed by atoms with Crippen LogP contribution in [0.5, 0.6) is 0 Å². The van der Waals surface area contributed by atoms with E-state index in [1.807, 2.05) is 6.92 Å². The van der Waals surface area contributed by atoms with Gasteiger partial charge in [-0.3, -0.25) is 4.79 Å². The van der Waals surface area contributed by atoms with Crippen molar-refractivity contribution in [2.45, 2.75) is 57.5 Å². The molecule has 1 N–H and O–H groups in total. The van der Waals surface area contributed by atoms with Crippen LogP contribution < -0.4 is 0 Å². The first-order valence-electron chi connectivity index (χ1n) is 6.04. The molecule has 3 nitrogen and oxygen atoms in total. The lowest BCUT2D eigenvalue weighted by Gasteiger charge is -2.43. The summed E-state index contributed by atoms with van der Waals surface area (Å²) in [5.41, 5.74) is -1.33. The number of carbonyl (C=O) groups is 1. The van der Waals surface area contributed by atoms with E-state index >= 15 is 0 Å². The zero-order valence-electron chi connectivity index (χ0n) is 9.42. The number of esters is 1. The first kappa shape index (κ1) is 10.9. The van der Waals surface area contributed by atoms with Crippen LogP contribution in [-0.2, 0) is 9.53 Å². The highest BCUT2D eigenvalue weighted by atomic mass is 16.5. The van der Waals surface area contributed by atoms with E-state index in [-0.39, 0.29) is 5.97 Å². The van der Waals surface area contributed by atoms with Crippen LogP contribution in [0.25, 0.3) is 0 Å². The number of ether oxygens (including phenoxy) is 1. The fourth-order valence-corrected chi connectivity index (χ4v) is 3.38. The Bertz CT molecular complexity index is 264. The topological polar surface area (TPSA) is 46.5 Å². The normalized spacial score (nSPS) is 39.9. The Balaban J connectivity index is 2.25. The van der Waals surface area contributed by atoms with Crippen LogP contribution >= 0.6 is 0 Å². The largest absolute Gasteiger partial charge is 0.465 e. The summed E-state index contributed by atoms with van der Waals surface area (Å²) in [7, 11) is 0. The van der Waals surface area contributed by atoms with Gasteiger partial charge in [0.25, 0.3) is 0 Å². The summed E-state index contributed by atoms with van der Waals surface area (Å²) in [5.74, 6) is -0.162. The molecule has 2 aliphatic carbocycles. The van der Waals surface area contributed by atoms with Gasteiger partial charge in [0.15, 0.2) is 0 Å². The minimum Gasteiger partial charge on any atom is -0.465 e. The molecule has 0 heterocycles. The van der Waals surface area contributed by atoms with Crippen LogP contribution in [-0.4, -0.2) is 23.3 Å². The molecule has 2 fully saturated rings. The third kappa shape index (κ3) is 1.48. The molecule has 15 heavy (non-hydrogen) atoms. The fraction of sp³-hybridized carbons (Fsp3) is 0.917. The number of fused-ring (bicyclic) bond motifs is 1. The SMILES string of the molecule is CCOC(=O)[C@@]12CCCC[C@]1(O)CCC2. The number of aliphatic hydroxyl groups is 1. The zero-order chi connectivity index (χ0) is 10.9. The van der Waals surface area contributed by atoms with E-state index in [1.165, 1.54) is 0 Å². The Labute approximate surface area is 90.8 Å². The quantitative estimate of drug-likeness (QED) is 0.712. The minimum absolute atomic E-state index is 0.162. The molecule has 0 radical (unpaired) electrons. The Hall–Kier alpha value is -0.570. The van der Waals surface area contributed by atoms with Crippen molar-refractivity contribution >= 4 is 5.97 Å². The molecular weight excluding hydrogens is 192 g/mol. The predicted molar refractivity (Wildman–Crippen MR) is 56.3 cm³/mol. The summed E-state index contributed by atoms with van der Waals surface area (Å²) in [5, 5.41) is 10.6. The van der Waals surface area contributed by atoms with Crippen molar-refractivity contribution in [1.82, 2.24) is 0 Å². The number of hydrogen-bond acceptors (Lipinski definition) is 3. The highest BCUT2D eigenvalue weighted by Crippen LogP contribution is 2.55. The molecule has 0 spiro atoms. The molecule has 0 bridgehead atoms. The van der Waals surface area contributed by atoms with Gasteiger partial charge in [-0.1, -0.05) is 12.8 Å². The molecule has 0 saturated heterocycles. The third-order valence-corrected chi connectivity index (χ3v) is 4.19. The lowest BCUT2D eigenvalue weighted by atomic mass is 9.65. The van der Waals surface area contributed by atoms with Crippen LogP contribution in [0.15, 0.2) is 0 Å². The predicted octanol–water partition coefficient (Wildman–Crippen LogP) is 2.02. The van der Waals surface area contributed by atoms with Crippen molar-refractivity contribution in [3.05, 3.63) is 0 Å². The van der Waals surface area contributed by atoms with Crippen molar-refractivity contribution in [3.63, 3.8) is 0 Å². The van der Waals surface area contributed by atoms with Gasteiger partial charge in [0.05, 0.1) is 17.6 Å². The Kier molecular flexibility index (Phi) is 2.75. The molecule has 86 valence electrons. The Morgan fingerprint density at radius 3 is 2.53 bits per heavy atom. The summed E-state index contributed by atoms with van der Waals surface area (Å²) >= 11 is 0. The molecule has 2 atom stereocenters. The molecule has 0 aromatic rings. The second-order valence-corrected chi connectivity index (χ2v) is 4.89. The molecule has 0 amide bonds. The van der Waals surface area contributed by atoms with E-state index in [0.29, 0.717) is 6.61 Å². The summed E-state index contributed by atoms with van der Waals surface area (Å²) in [6, 6.07) is 0. The summed E-state index contributed by atoms with van der Waals surface area (Å²) in [6.45, 7) is 2.24. The molecule has 0 aliphatic heterocycles.